The SMILES string of the molecule is Cc1ncn(Cc2ccc(C(C)CNC3CC3)cc2)c1C. The zero-order valence-electron chi connectivity index (χ0n) is 13.3. The van der Waals surface area contributed by atoms with E-state index in [1.54, 1.807) is 0 Å². The molecule has 0 radical (unpaired) electrons. The molecule has 0 spiro atoms. The predicted molar refractivity (Wildman–Crippen MR) is 86.7 cm³/mol. The van der Waals surface area contributed by atoms with E-state index < -0.39 is 0 Å². The average Bonchev–Trinajstić information content (AvgIpc) is 3.28. The van der Waals surface area contributed by atoms with Gasteiger partial charge in [0.15, 0.2) is 0 Å². The molecule has 1 unspecified atom stereocenters. The molecule has 1 heterocycles. The van der Waals surface area contributed by atoms with Crippen molar-refractivity contribution in [3.63, 3.8) is 0 Å². The lowest BCUT2D eigenvalue weighted by Gasteiger charge is -2.14. The standard InChI is InChI=1S/C18H25N3/c1-13(10-19-18-8-9-18)17-6-4-16(5-7-17)11-21-12-20-14(2)15(21)3/h4-7,12-13,18-19H,8-11H2,1-3H3. The number of aryl methyl sites for hydroxylation is 1. The van der Waals surface area contributed by atoms with Crippen LogP contribution in [0.5, 0.6) is 0 Å². The van der Waals surface area contributed by atoms with Crippen LogP contribution in [0.2, 0.25) is 0 Å². The molecule has 1 saturated carbocycles. The third kappa shape index (κ3) is 3.53. The van der Waals surface area contributed by atoms with E-state index in [4.69, 9.17) is 0 Å². The van der Waals surface area contributed by atoms with Crippen LogP contribution in [0, 0.1) is 13.8 Å². The molecular weight excluding hydrogens is 258 g/mol. The molecule has 1 atom stereocenters. The average molecular weight is 283 g/mol. The zero-order valence-corrected chi connectivity index (χ0v) is 13.3. The first-order chi connectivity index (χ1) is 10.1. The molecular formula is C18H25N3. The van der Waals surface area contributed by atoms with E-state index in [1.165, 1.54) is 29.7 Å². The third-order valence-electron chi connectivity index (χ3n) is 4.54. The van der Waals surface area contributed by atoms with Crippen LogP contribution in [-0.2, 0) is 6.54 Å². The highest BCUT2D eigenvalue weighted by Gasteiger charge is 2.21. The summed E-state index contributed by atoms with van der Waals surface area (Å²) in [4.78, 5) is 4.36. The van der Waals surface area contributed by atoms with E-state index >= 15 is 0 Å². The highest BCUT2D eigenvalue weighted by molar-refractivity contribution is 5.26. The molecule has 3 nitrogen and oxygen atoms in total. The second-order valence-electron chi connectivity index (χ2n) is 6.37. The minimum atomic E-state index is 0.580. The molecule has 0 amide bonds. The van der Waals surface area contributed by atoms with Crippen molar-refractivity contribution in [2.24, 2.45) is 0 Å². The number of hydrogen-bond donors (Lipinski definition) is 1. The van der Waals surface area contributed by atoms with E-state index in [0.29, 0.717) is 5.92 Å². The highest BCUT2D eigenvalue weighted by Crippen LogP contribution is 2.21. The van der Waals surface area contributed by atoms with Crippen molar-refractivity contribution in [3.8, 4) is 0 Å². The van der Waals surface area contributed by atoms with Crippen molar-refractivity contribution in [1.82, 2.24) is 14.9 Å². The monoisotopic (exact) mass is 283 g/mol. The molecule has 3 rings (SSSR count). The molecule has 1 aromatic heterocycles. The van der Waals surface area contributed by atoms with Crippen molar-refractivity contribution in [2.75, 3.05) is 6.54 Å². The summed E-state index contributed by atoms with van der Waals surface area (Å²) in [5.41, 5.74) is 5.12. The maximum atomic E-state index is 4.36. The van der Waals surface area contributed by atoms with E-state index in [-0.39, 0.29) is 0 Å². The van der Waals surface area contributed by atoms with E-state index in [1.807, 2.05) is 6.33 Å². The molecule has 3 heteroatoms. The quantitative estimate of drug-likeness (QED) is 0.880. The predicted octanol–water partition coefficient (Wildman–Crippen LogP) is 3.40. The Balaban J connectivity index is 1.61. The Morgan fingerprint density at radius 1 is 1.24 bits per heavy atom. The van der Waals surface area contributed by atoms with Crippen molar-refractivity contribution in [3.05, 3.63) is 53.1 Å². The summed E-state index contributed by atoms with van der Waals surface area (Å²) in [6.07, 6.45) is 4.64. The number of rotatable bonds is 6. The van der Waals surface area contributed by atoms with E-state index in [9.17, 15) is 0 Å². The summed E-state index contributed by atoms with van der Waals surface area (Å²) >= 11 is 0. The Hall–Kier alpha value is -1.61. The van der Waals surface area contributed by atoms with Gasteiger partial charge in [0.05, 0.1) is 12.0 Å². The zero-order chi connectivity index (χ0) is 14.8. The van der Waals surface area contributed by atoms with Gasteiger partial charge in [0.2, 0.25) is 0 Å². The van der Waals surface area contributed by atoms with Crippen molar-refractivity contribution < 1.29 is 0 Å². The molecule has 21 heavy (non-hydrogen) atoms. The molecule has 1 aromatic carbocycles. The number of aromatic nitrogens is 2. The van der Waals surface area contributed by atoms with Crippen LogP contribution in [0.25, 0.3) is 0 Å². The van der Waals surface area contributed by atoms with Gasteiger partial charge in [0.25, 0.3) is 0 Å². The van der Waals surface area contributed by atoms with Crippen LogP contribution in [0.1, 0.15) is 48.2 Å². The number of benzene rings is 1. The van der Waals surface area contributed by atoms with Crippen LogP contribution < -0.4 is 5.32 Å². The summed E-state index contributed by atoms with van der Waals surface area (Å²) in [6, 6.07) is 9.83. The largest absolute Gasteiger partial charge is 0.330 e. The van der Waals surface area contributed by atoms with Crippen LogP contribution >= 0.6 is 0 Å². The molecule has 1 fully saturated rings. The van der Waals surface area contributed by atoms with Crippen LogP contribution in [0.3, 0.4) is 0 Å². The van der Waals surface area contributed by atoms with Gasteiger partial charge in [-0.15, -0.1) is 0 Å². The second kappa shape index (κ2) is 6.02. The van der Waals surface area contributed by atoms with Gasteiger partial charge in [-0.05, 0) is 43.7 Å². The van der Waals surface area contributed by atoms with Crippen LogP contribution in [-0.4, -0.2) is 22.1 Å². The minimum Gasteiger partial charge on any atom is -0.330 e. The van der Waals surface area contributed by atoms with Gasteiger partial charge in [-0.25, -0.2) is 4.98 Å². The maximum Gasteiger partial charge on any atom is 0.0954 e. The number of imidazole rings is 1. The lowest BCUT2D eigenvalue weighted by molar-refractivity contribution is 0.611. The molecule has 1 N–H and O–H groups in total. The smallest absolute Gasteiger partial charge is 0.0954 e. The van der Waals surface area contributed by atoms with Gasteiger partial charge in [-0.1, -0.05) is 31.2 Å². The first kappa shape index (κ1) is 14.3. The Labute approximate surface area is 127 Å². The molecule has 2 aromatic rings. The molecule has 112 valence electrons. The van der Waals surface area contributed by atoms with E-state index in [2.05, 4.69) is 59.9 Å². The fourth-order valence-corrected chi connectivity index (χ4v) is 2.60. The summed E-state index contributed by atoms with van der Waals surface area (Å²) < 4.78 is 2.21. The fraction of sp³-hybridized carbons (Fsp3) is 0.500. The molecule has 1 aliphatic carbocycles. The van der Waals surface area contributed by atoms with Crippen molar-refractivity contribution >= 4 is 0 Å². The fourth-order valence-electron chi connectivity index (χ4n) is 2.60. The van der Waals surface area contributed by atoms with Crippen LogP contribution in [0.15, 0.2) is 30.6 Å². The number of nitrogens with zero attached hydrogens (tertiary/aromatic N) is 2. The highest BCUT2D eigenvalue weighted by atomic mass is 15.0. The lowest BCUT2D eigenvalue weighted by atomic mass is 9.99. The normalized spacial score (nSPS) is 16.1. The molecule has 1 aliphatic rings. The summed E-state index contributed by atoms with van der Waals surface area (Å²) in [7, 11) is 0. The summed E-state index contributed by atoms with van der Waals surface area (Å²) in [5, 5.41) is 3.61. The molecule has 0 aliphatic heterocycles. The van der Waals surface area contributed by atoms with Gasteiger partial charge in [0.1, 0.15) is 0 Å². The Kier molecular flexibility index (Phi) is 4.11. The lowest BCUT2D eigenvalue weighted by Crippen LogP contribution is -2.22. The van der Waals surface area contributed by atoms with Gasteiger partial charge < -0.3 is 9.88 Å². The second-order valence-corrected chi connectivity index (χ2v) is 6.37. The van der Waals surface area contributed by atoms with Gasteiger partial charge in [-0.2, -0.15) is 0 Å². The van der Waals surface area contributed by atoms with Crippen LogP contribution in [0.4, 0.5) is 0 Å². The van der Waals surface area contributed by atoms with Gasteiger partial charge in [-0.3, -0.25) is 0 Å². The third-order valence-corrected chi connectivity index (χ3v) is 4.54. The van der Waals surface area contributed by atoms with Gasteiger partial charge in [0, 0.05) is 24.8 Å². The topological polar surface area (TPSA) is 29.9 Å². The maximum absolute atomic E-state index is 4.36. The summed E-state index contributed by atoms with van der Waals surface area (Å²) in [5.74, 6) is 0.580. The first-order valence-electron chi connectivity index (χ1n) is 7.94. The Morgan fingerprint density at radius 3 is 2.52 bits per heavy atom. The molecule has 0 bridgehead atoms. The van der Waals surface area contributed by atoms with Crippen molar-refractivity contribution in [1.29, 1.82) is 0 Å². The Bertz CT molecular complexity index is 593. The van der Waals surface area contributed by atoms with Gasteiger partial charge >= 0.3 is 0 Å². The van der Waals surface area contributed by atoms with Crippen molar-refractivity contribution in [2.45, 2.75) is 52.1 Å². The van der Waals surface area contributed by atoms with E-state index in [0.717, 1.165) is 24.8 Å². The number of nitrogens with one attached hydrogen (secondary N) is 1. The Morgan fingerprint density at radius 2 is 1.95 bits per heavy atom. The minimum absolute atomic E-state index is 0.580. The molecule has 0 saturated heterocycles. The summed E-state index contributed by atoms with van der Waals surface area (Å²) in [6.45, 7) is 8.48. The number of hydrogen-bond acceptors (Lipinski definition) is 2. The first-order valence-corrected chi connectivity index (χ1v) is 7.94.